The topological polar surface area (TPSA) is 51.5 Å². The first-order chi connectivity index (χ1) is 8.15. The number of rotatable bonds is 6. The van der Waals surface area contributed by atoms with Gasteiger partial charge in [0.1, 0.15) is 11.8 Å². The van der Waals surface area contributed by atoms with E-state index in [9.17, 15) is 9.90 Å². The molecule has 0 radical (unpaired) electrons. The fourth-order valence-electron chi connectivity index (χ4n) is 1.62. The minimum Gasteiger partial charge on any atom is -0.464 e. The summed E-state index contributed by atoms with van der Waals surface area (Å²) in [6, 6.07) is 3.33. The van der Waals surface area contributed by atoms with E-state index in [0.717, 1.165) is 0 Å². The Kier molecular flexibility index (Phi) is 4.72. The van der Waals surface area contributed by atoms with Crippen LogP contribution in [0.25, 0.3) is 0 Å². The Morgan fingerprint density at radius 1 is 1.59 bits per heavy atom. The maximum atomic E-state index is 11.5. The molecular weight excluding hydrogens is 218 g/mol. The van der Waals surface area contributed by atoms with Gasteiger partial charge in [0, 0.05) is 6.54 Å². The van der Waals surface area contributed by atoms with E-state index in [2.05, 4.69) is 13.2 Å². The lowest BCUT2D eigenvalue weighted by Crippen LogP contribution is -2.14. The summed E-state index contributed by atoms with van der Waals surface area (Å²) in [7, 11) is 1.33. The maximum absolute atomic E-state index is 11.5. The second kappa shape index (κ2) is 6.06. The maximum Gasteiger partial charge on any atom is 0.354 e. The second-order valence-corrected chi connectivity index (χ2v) is 3.54. The van der Waals surface area contributed by atoms with Crippen LogP contribution in [0, 0.1) is 0 Å². The molecule has 1 rings (SSSR count). The van der Waals surface area contributed by atoms with Crippen molar-refractivity contribution in [2.45, 2.75) is 19.1 Å². The van der Waals surface area contributed by atoms with Gasteiger partial charge in [-0.05, 0) is 18.6 Å². The molecule has 1 aromatic heterocycles. The Hall–Kier alpha value is -1.81. The third-order valence-corrected chi connectivity index (χ3v) is 2.49. The minimum atomic E-state index is -0.793. The highest BCUT2D eigenvalue weighted by molar-refractivity contribution is 5.87. The first-order valence-corrected chi connectivity index (χ1v) is 5.35. The van der Waals surface area contributed by atoms with Gasteiger partial charge in [0.15, 0.2) is 0 Å². The Morgan fingerprint density at radius 2 is 2.29 bits per heavy atom. The zero-order chi connectivity index (χ0) is 12.8. The van der Waals surface area contributed by atoms with E-state index in [0.29, 0.717) is 24.4 Å². The van der Waals surface area contributed by atoms with Crippen LogP contribution in [-0.2, 0) is 11.3 Å². The number of hydrogen-bond donors (Lipinski definition) is 1. The summed E-state index contributed by atoms with van der Waals surface area (Å²) in [6.07, 6.45) is 3.08. The van der Waals surface area contributed by atoms with Crippen molar-refractivity contribution in [1.29, 1.82) is 0 Å². The summed E-state index contributed by atoms with van der Waals surface area (Å²) in [5, 5.41) is 9.76. The molecule has 1 atom stereocenters. The Balaban J connectivity index is 3.13. The number of aromatic nitrogens is 1. The molecule has 0 bridgehead atoms. The number of methoxy groups -OCH3 is 1. The zero-order valence-corrected chi connectivity index (χ0v) is 9.93. The van der Waals surface area contributed by atoms with Crippen molar-refractivity contribution >= 4 is 5.97 Å². The fourth-order valence-corrected chi connectivity index (χ4v) is 1.62. The van der Waals surface area contributed by atoms with Crippen LogP contribution < -0.4 is 0 Å². The SMILES string of the molecule is C=CCCn1c(C(=O)OC)ccc1C(O)C=C. The van der Waals surface area contributed by atoms with E-state index >= 15 is 0 Å². The van der Waals surface area contributed by atoms with E-state index in [1.54, 1.807) is 22.8 Å². The summed E-state index contributed by atoms with van der Waals surface area (Å²) in [5.41, 5.74) is 1.05. The van der Waals surface area contributed by atoms with Crippen molar-refractivity contribution in [2.24, 2.45) is 0 Å². The molecule has 1 heterocycles. The van der Waals surface area contributed by atoms with Crippen LogP contribution >= 0.6 is 0 Å². The smallest absolute Gasteiger partial charge is 0.354 e. The molecule has 4 heteroatoms. The molecule has 1 N–H and O–H groups in total. The lowest BCUT2D eigenvalue weighted by atomic mass is 10.2. The highest BCUT2D eigenvalue weighted by Gasteiger charge is 2.17. The van der Waals surface area contributed by atoms with Gasteiger partial charge in [-0.1, -0.05) is 12.2 Å². The number of esters is 1. The molecule has 92 valence electrons. The molecule has 0 saturated carbocycles. The first-order valence-electron chi connectivity index (χ1n) is 5.35. The van der Waals surface area contributed by atoms with Gasteiger partial charge < -0.3 is 14.4 Å². The standard InChI is InChI=1S/C13H17NO3/c1-4-6-9-14-10(12(15)5-2)7-8-11(14)13(16)17-3/h4-5,7-8,12,15H,1-2,6,9H2,3H3. The highest BCUT2D eigenvalue weighted by atomic mass is 16.5. The van der Waals surface area contributed by atoms with Gasteiger partial charge in [-0.15, -0.1) is 13.2 Å². The molecule has 0 aliphatic carbocycles. The van der Waals surface area contributed by atoms with Gasteiger partial charge in [0.25, 0.3) is 0 Å². The molecule has 0 amide bonds. The van der Waals surface area contributed by atoms with Crippen LogP contribution in [0.15, 0.2) is 37.4 Å². The average Bonchev–Trinajstić information content (AvgIpc) is 2.77. The predicted molar refractivity (Wildman–Crippen MR) is 65.7 cm³/mol. The number of allylic oxidation sites excluding steroid dienone is 1. The van der Waals surface area contributed by atoms with Crippen molar-refractivity contribution < 1.29 is 14.6 Å². The summed E-state index contributed by atoms with van der Waals surface area (Å²) < 4.78 is 6.41. The Bertz CT molecular complexity index is 420. The molecule has 0 aliphatic rings. The van der Waals surface area contributed by atoms with E-state index in [1.807, 2.05) is 0 Å². The summed E-state index contributed by atoms with van der Waals surface area (Å²) in [4.78, 5) is 11.5. The molecule has 1 aromatic rings. The van der Waals surface area contributed by atoms with Crippen molar-refractivity contribution in [1.82, 2.24) is 4.57 Å². The van der Waals surface area contributed by atoms with Crippen LogP contribution in [0.4, 0.5) is 0 Å². The molecule has 17 heavy (non-hydrogen) atoms. The number of carbonyl (C=O) groups is 1. The molecular formula is C13H17NO3. The van der Waals surface area contributed by atoms with Crippen LogP contribution in [0.1, 0.15) is 28.7 Å². The third kappa shape index (κ3) is 2.85. The Morgan fingerprint density at radius 3 is 2.82 bits per heavy atom. The molecule has 1 unspecified atom stereocenters. The first kappa shape index (κ1) is 13.3. The zero-order valence-electron chi connectivity index (χ0n) is 9.93. The molecule has 0 aromatic carbocycles. The summed E-state index contributed by atoms with van der Waals surface area (Å²) in [6.45, 7) is 7.74. The molecule has 0 saturated heterocycles. The molecule has 0 fully saturated rings. The predicted octanol–water partition coefficient (Wildman–Crippen LogP) is 2.07. The van der Waals surface area contributed by atoms with E-state index in [1.165, 1.54) is 13.2 Å². The lowest BCUT2D eigenvalue weighted by Gasteiger charge is -2.13. The van der Waals surface area contributed by atoms with Crippen molar-refractivity contribution in [2.75, 3.05) is 7.11 Å². The van der Waals surface area contributed by atoms with Crippen molar-refractivity contribution in [3.63, 3.8) is 0 Å². The third-order valence-electron chi connectivity index (χ3n) is 2.49. The number of aliphatic hydroxyl groups excluding tert-OH is 1. The summed E-state index contributed by atoms with van der Waals surface area (Å²) in [5.74, 6) is -0.420. The van der Waals surface area contributed by atoms with Crippen molar-refractivity contribution in [3.8, 4) is 0 Å². The normalized spacial score (nSPS) is 11.9. The van der Waals surface area contributed by atoms with Gasteiger partial charge in [-0.25, -0.2) is 4.79 Å². The summed E-state index contributed by atoms with van der Waals surface area (Å²) >= 11 is 0. The van der Waals surface area contributed by atoms with Crippen LogP contribution in [0.2, 0.25) is 0 Å². The van der Waals surface area contributed by atoms with E-state index in [4.69, 9.17) is 4.74 Å². The number of nitrogens with zero attached hydrogens (tertiary/aromatic N) is 1. The van der Waals surface area contributed by atoms with Crippen LogP contribution in [0.5, 0.6) is 0 Å². The second-order valence-electron chi connectivity index (χ2n) is 3.54. The quantitative estimate of drug-likeness (QED) is 0.606. The number of aliphatic hydroxyl groups is 1. The van der Waals surface area contributed by atoms with Gasteiger partial charge >= 0.3 is 5.97 Å². The Labute approximate surface area is 101 Å². The van der Waals surface area contributed by atoms with Gasteiger partial charge in [0.05, 0.1) is 12.8 Å². The van der Waals surface area contributed by atoms with E-state index < -0.39 is 12.1 Å². The molecule has 0 aliphatic heterocycles. The number of carbonyl (C=O) groups excluding carboxylic acids is 1. The largest absolute Gasteiger partial charge is 0.464 e. The number of hydrogen-bond acceptors (Lipinski definition) is 3. The van der Waals surface area contributed by atoms with Gasteiger partial charge in [-0.2, -0.15) is 0 Å². The van der Waals surface area contributed by atoms with Gasteiger partial charge in [-0.3, -0.25) is 0 Å². The fraction of sp³-hybridized carbons (Fsp3) is 0.308. The van der Waals surface area contributed by atoms with Crippen LogP contribution in [-0.4, -0.2) is 22.8 Å². The van der Waals surface area contributed by atoms with Gasteiger partial charge in [0.2, 0.25) is 0 Å². The lowest BCUT2D eigenvalue weighted by molar-refractivity contribution is 0.0587. The number of ether oxygens (including phenoxy) is 1. The average molecular weight is 235 g/mol. The molecule has 0 spiro atoms. The van der Waals surface area contributed by atoms with E-state index in [-0.39, 0.29) is 0 Å². The van der Waals surface area contributed by atoms with Crippen LogP contribution in [0.3, 0.4) is 0 Å². The van der Waals surface area contributed by atoms with Crippen molar-refractivity contribution in [3.05, 3.63) is 48.8 Å². The highest BCUT2D eigenvalue weighted by Crippen LogP contribution is 2.19. The monoisotopic (exact) mass is 235 g/mol. The molecule has 4 nitrogen and oxygen atoms in total. The minimum absolute atomic E-state index is 0.420.